The van der Waals surface area contributed by atoms with Crippen LogP contribution in [0, 0.1) is 17.2 Å². The Kier molecular flexibility index (Phi) is 6.71. The summed E-state index contributed by atoms with van der Waals surface area (Å²) in [7, 11) is 0. The lowest BCUT2D eigenvalue weighted by Crippen LogP contribution is -2.51. The molecule has 1 N–H and O–H groups in total. The Morgan fingerprint density at radius 1 is 1.16 bits per heavy atom. The number of alkyl halides is 3. The van der Waals surface area contributed by atoms with Gasteiger partial charge in [0.25, 0.3) is 0 Å². The minimum absolute atomic E-state index is 0.0745. The summed E-state index contributed by atoms with van der Waals surface area (Å²) >= 11 is 0. The van der Waals surface area contributed by atoms with Crippen LogP contribution in [0.25, 0.3) is 6.08 Å². The standard InChI is InChI=1S/C30H34F4N2O/c1-3-28(27(37)35-18-21-14-23(30(32,33)34)16-24(31)15-21)10-9-25(17-28)36-13-12-29(20(2)19-36)11-8-22-6-4-5-7-26(22)29/h4-8,11,14-16,20,25H,3,9-10,12-13,17-19H2,1-2H3,(H,35,37)/t20-,25?,28?,29-/m0/s1. The second-order valence-electron chi connectivity index (χ2n) is 11.2. The van der Waals surface area contributed by atoms with Crippen LogP contribution in [-0.2, 0) is 22.9 Å². The largest absolute Gasteiger partial charge is 0.416 e. The van der Waals surface area contributed by atoms with Gasteiger partial charge in [-0.15, -0.1) is 0 Å². The van der Waals surface area contributed by atoms with Crippen molar-refractivity contribution in [2.45, 2.75) is 70.1 Å². The monoisotopic (exact) mass is 514 g/mol. The average Bonchev–Trinajstić information content (AvgIpc) is 3.47. The van der Waals surface area contributed by atoms with Crippen LogP contribution < -0.4 is 5.32 Å². The number of allylic oxidation sites excluding steroid dienone is 1. The first-order valence-electron chi connectivity index (χ1n) is 13.2. The highest BCUT2D eigenvalue weighted by Gasteiger charge is 2.49. The Morgan fingerprint density at radius 3 is 2.68 bits per heavy atom. The second kappa shape index (κ2) is 9.57. The minimum Gasteiger partial charge on any atom is -0.352 e. The highest BCUT2D eigenvalue weighted by Crippen LogP contribution is 2.49. The summed E-state index contributed by atoms with van der Waals surface area (Å²) in [6.07, 6.45) is 4.11. The van der Waals surface area contributed by atoms with Crippen molar-refractivity contribution in [3.8, 4) is 0 Å². The quantitative estimate of drug-likeness (QED) is 0.450. The number of fused-ring (bicyclic) bond motifs is 2. The lowest BCUT2D eigenvalue weighted by molar-refractivity contribution is -0.137. The molecule has 198 valence electrons. The second-order valence-corrected chi connectivity index (χ2v) is 11.2. The Balaban J connectivity index is 1.23. The van der Waals surface area contributed by atoms with Gasteiger partial charge < -0.3 is 5.32 Å². The third-order valence-corrected chi connectivity index (χ3v) is 9.22. The number of nitrogens with zero attached hydrogens (tertiary/aromatic N) is 1. The molecule has 1 saturated carbocycles. The number of hydrogen-bond acceptors (Lipinski definition) is 2. The Hall–Kier alpha value is -2.67. The molecule has 1 spiro atoms. The molecule has 5 rings (SSSR count). The van der Waals surface area contributed by atoms with Crippen molar-refractivity contribution in [2.24, 2.45) is 11.3 Å². The maximum Gasteiger partial charge on any atom is 0.416 e. The van der Waals surface area contributed by atoms with Gasteiger partial charge >= 0.3 is 6.18 Å². The highest BCUT2D eigenvalue weighted by atomic mass is 19.4. The van der Waals surface area contributed by atoms with Crippen LogP contribution in [0.2, 0.25) is 0 Å². The van der Waals surface area contributed by atoms with Crippen molar-refractivity contribution >= 4 is 12.0 Å². The van der Waals surface area contributed by atoms with Crippen LogP contribution in [-0.4, -0.2) is 29.9 Å². The van der Waals surface area contributed by atoms with Gasteiger partial charge in [-0.3, -0.25) is 9.69 Å². The van der Waals surface area contributed by atoms with Gasteiger partial charge in [-0.2, -0.15) is 13.2 Å². The van der Waals surface area contributed by atoms with E-state index in [0.717, 1.165) is 50.9 Å². The van der Waals surface area contributed by atoms with E-state index >= 15 is 0 Å². The average molecular weight is 515 g/mol. The SMILES string of the molecule is CCC1(C(=O)NCc2cc(F)cc(C(F)(F)F)c2)CCC(N2CC[C@@]3(C=Cc4ccccc43)[C@@H](C)C2)C1. The zero-order valence-corrected chi connectivity index (χ0v) is 21.4. The zero-order valence-electron chi connectivity index (χ0n) is 21.4. The fourth-order valence-corrected chi connectivity index (χ4v) is 6.94. The first kappa shape index (κ1) is 26.0. The zero-order chi connectivity index (χ0) is 26.4. The number of rotatable bonds is 5. The Morgan fingerprint density at radius 2 is 1.95 bits per heavy atom. The molecule has 2 aromatic carbocycles. The van der Waals surface area contributed by atoms with Gasteiger partial charge in [-0.25, -0.2) is 4.39 Å². The fourth-order valence-electron chi connectivity index (χ4n) is 6.94. The summed E-state index contributed by atoms with van der Waals surface area (Å²) in [5, 5.41) is 2.82. The van der Waals surface area contributed by atoms with Gasteiger partial charge in [0.1, 0.15) is 5.82 Å². The molecule has 0 aromatic heterocycles. The summed E-state index contributed by atoms with van der Waals surface area (Å²) in [4.78, 5) is 15.9. The molecule has 3 nitrogen and oxygen atoms in total. The predicted molar refractivity (Wildman–Crippen MR) is 136 cm³/mol. The normalized spacial score (nSPS) is 29.6. The van der Waals surface area contributed by atoms with E-state index in [4.69, 9.17) is 0 Å². The van der Waals surface area contributed by atoms with Crippen LogP contribution in [0.5, 0.6) is 0 Å². The van der Waals surface area contributed by atoms with E-state index in [1.54, 1.807) is 0 Å². The number of piperidine rings is 1. The Bertz CT molecular complexity index is 1210. The maximum absolute atomic E-state index is 13.8. The van der Waals surface area contributed by atoms with Gasteiger partial charge in [0, 0.05) is 24.5 Å². The van der Waals surface area contributed by atoms with Crippen molar-refractivity contribution < 1.29 is 22.4 Å². The molecule has 2 fully saturated rings. The molecule has 37 heavy (non-hydrogen) atoms. The Labute approximate surface area is 215 Å². The van der Waals surface area contributed by atoms with E-state index in [-0.39, 0.29) is 23.4 Å². The van der Waals surface area contributed by atoms with Crippen molar-refractivity contribution in [3.63, 3.8) is 0 Å². The van der Waals surface area contributed by atoms with Gasteiger partial charge in [-0.1, -0.05) is 50.3 Å². The molecule has 0 bridgehead atoms. The molecule has 7 heteroatoms. The molecule has 1 aliphatic heterocycles. The van der Waals surface area contributed by atoms with Gasteiger partial charge in [-0.05, 0) is 79.5 Å². The number of nitrogens with one attached hydrogen (secondary N) is 1. The lowest BCUT2D eigenvalue weighted by atomic mass is 9.67. The van der Waals surface area contributed by atoms with Crippen LogP contribution in [0.4, 0.5) is 17.6 Å². The molecular weight excluding hydrogens is 480 g/mol. The number of carbonyl (C=O) groups excluding carboxylic acids is 1. The summed E-state index contributed by atoms with van der Waals surface area (Å²) in [5.41, 5.74) is 1.32. The van der Waals surface area contributed by atoms with Crippen molar-refractivity contribution in [3.05, 3.63) is 76.6 Å². The van der Waals surface area contributed by atoms with Crippen LogP contribution >= 0.6 is 0 Å². The number of amides is 1. The van der Waals surface area contributed by atoms with E-state index in [0.29, 0.717) is 24.4 Å². The topological polar surface area (TPSA) is 32.3 Å². The number of hydrogen-bond donors (Lipinski definition) is 1. The molecule has 1 amide bonds. The van der Waals surface area contributed by atoms with Crippen molar-refractivity contribution in [2.75, 3.05) is 13.1 Å². The number of carbonyl (C=O) groups is 1. The third-order valence-electron chi connectivity index (χ3n) is 9.22. The summed E-state index contributed by atoms with van der Waals surface area (Å²) in [6.45, 7) is 6.13. The summed E-state index contributed by atoms with van der Waals surface area (Å²) < 4.78 is 53.0. The van der Waals surface area contributed by atoms with Crippen LogP contribution in [0.15, 0.2) is 48.5 Å². The van der Waals surface area contributed by atoms with Crippen LogP contribution in [0.3, 0.4) is 0 Å². The molecule has 3 aliphatic rings. The van der Waals surface area contributed by atoms with Crippen molar-refractivity contribution in [1.82, 2.24) is 10.2 Å². The number of likely N-dealkylation sites (tertiary alicyclic amines) is 1. The van der Waals surface area contributed by atoms with Crippen molar-refractivity contribution in [1.29, 1.82) is 0 Å². The highest BCUT2D eigenvalue weighted by molar-refractivity contribution is 5.83. The smallest absolute Gasteiger partial charge is 0.352 e. The first-order chi connectivity index (χ1) is 17.6. The van der Waals surface area contributed by atoms with Crippen LogP contribution in [0.1, 0.15) is 68.2 Å². The molecule has 0 radical (unpaired) electrons. The molecular formula is C30H34F4N2O. The van der Waals surface area contributed by atoms with E-state index in [1.807, 2.05) is 6.92 Å². The maximum atomic E-state index is 13.8. The van der Waals surface area contributed by atoms with E-state index in [9.17, 15) is 22.4 Å². The molecule has 1 saturated heterocycles. The van der Waals surface area contributed by atoms with Gasteiger partial charge in [0.2, 0.25) is 5.91 Å². The molecule has 2 unspecified atom stereocenters. The first-order valence-corrected chi connectivity index (χ1v) is 13.2. The molecule has 4 atom stereocenters. The van der Waals surface area contributed by atoms with Gasteiger partial charge in [0.15, 0.2) is 0 Å². The van der Waals surface area contributed by atoms with E-state index in [1.165, 1.54) is 11.1 Å². The summed E-state index contributed by atoms with van der Waals surface area (Å²) in [6, 6.07) is 11.4. The lowest BCUT2D eigenvalue weighted by Gasteiger charge is -2.46. The number of benzene rings is 2. The molecule has 2 aromatic rings. The predicted octanol–water partition coefficient (Wildman–Crippen LogP) is 6.72. The molecule has 1 heterocycles. The third kappa shape index (κ3) is 4.71. The van der Waals surface area contributed by atoms with Gasteiger partial charge in [0.05, 0.1) is 11.0 Å². The number of halogens is 4. The fraction of sp³-hybridized carbons (Fsp3) is 0.500. The summed E-state index contributed by atoms with van der Waals surface area (Å²) in [5.74, 6) is -0.658. The molecule has 2 aliphatic carbocycles. The van der Waals surface area contributed by atoms with E-state index < -0.39 is 23.0 Å². The minimum atomic E-state index is -4.63. The van der Waals surface area contributed by atoms with E-state index in [2.05, 4.69) is 53.6 Å².